The molecule has 0 saturated heterocycles. The number of ketones is 1. The molecule has 3 rings (SSSR count). The molecule has 0 fully saturated rings. The normalized spacial score (nSPS) is 23.7. The molecular weight excluding hydrogens is 301 g/mol. The van der Waals surface area contributed by atoms with Gasteiger partial charge in [-0.3, -0.25) is 4.79 Å². The summed E-state index contributed by atoms with van der Waals surface area (Å²) in [6.07, 6.45) is 5.25. The predicted octanol–water partition coefficient (Wildman–Crippen LogP) is 4.76. The number of nitrogens with two attached hydrogens (primary N) is 1. The quantitative estimate of drug-likeness (QED) is 0.815. The molecule has 0 aromatic heterocycles. The molecule has 22 heavy (non-hydrogen) atoms. The van der Waals surface area contributed by atoms with Crippen LogP contribution in [0.2, 0.25) is 0 Å². The van der Waals surface area contributed by atoms with Crippen molar-refractivity contribution in [2.45, 2.75) is 52.4 Å². The third kappa shape index (κ3) is 2.10. The van der Waals surface area contributed by atoms with Gasteiger partial charge in [0, 0.05) is 11.8 Å². The number of unbranched alkanes of at least 4 members (excludes halogenated alkanes) is 1. The molecule has 0 bridgehead atoms. The highest BCUT2D eigenvalue weighted by Crippen LogP contribution is 2.58. The lowest BCUT2D eigenvalue weighted by Gasteiger charge is -2.35. The molecule has 0 spiro atoms. The second kappa shape index (κ2) is 5.38. The smallest absolute Gasteiger partial charge is 0.174 e. The third-order valence-corrected chi connectivity index (χ3v) is 5.73. The van der Waals surface area contributed by atoms with Crippen LogP contribution in [-0.2, 0) is 11.2 Å². The molecule has 2 nitrogen and oxygen atoms in total. The lowest BCUT2D eigenvalue weighted by Crippen LogP contribution is -2.27. The van der Waals surface area contributed by atoms with Gasteiger partial charge >= 0.3 is 0 Å². The van der Waals surface area contributed by atoms with E-state index in [1.165, 1.54) is 6.07 Å². The van der Waals surface area contributed by atoms with Crippen LogP contribution in [0.25, 0.3) is 5.57 Å². The minimum atomic E-state index is -0.419. The summed E-state index contributed by atoms with van der Waals surface area (Å²) in [6, 6.07) is 1.47. The van der Waals surface area contributed by atoms with Crippen LogP contribution in [0.1, 0.15) is 55.7 Å². The van der Waals surface area contributed by atoms with E-state index in [2.05, 4.69) is 6.92 Å². The average Bonchev–Trinajstić information content (AvgIpc) is 2.82. The number of nitrogen functional groups attached to an aromatic ring is 1. The molecule has 118 valence electrons. The summed E-state index contributed by atoms with van der Waals surface area (Å²) >= 11 is 6.39. The molecule has 2 aliphatic rings. The van der Waals surface area contributed by atoms with Gasteiger partial charge in [-0.2, -0.15) is 0 Å². The van der Waals surface area contributed by atoms with Gasteiger partial charge in [0.1, 0.15) is 5.82 Å². The lowest BCUT2D eigenvalue weighted by atomic mass is 9.69. The lowest BCUT2D eigenvalue weighted by molar-refractivity contribution is -0.115. The van der Waals surface area contributed by atoms with E-state index in [9.17, 15) is 9.18 Å². The summed E-state index contributed by atoms with van der Waals surface area (Å²) in [5, 5.41) is 0.310. The van der Waals surface area contributed by atoms with Gasteiger partial charge in [-0.15, -0.1) is 0 Å². The number of anilines is 1. The first-order chi connectivity index (χ1) is 10.4. The zero-order chi connectivity index (χ0) is 16.1. The fourth-order valence-electron chi connectivity index (χ4n) is 4.02. The number of fused-ring (bicyclic) bond motifs is 3. The van der Waals surface area contributed by atoms with Gasteiger partial charge in [-0.1, -0.05) is 31.4 Å². The zero-order valence-electron chi connectivity index (χ0n) is 13.1. The summed E-state index contributed by atoms with van der Waals surface area (Å²) in [4.78, 5) is 12.1. The Kier molecular flexibility index (Phi) is 3.80. The van der Waals surface area contributed by atoms with Crippen molar-refractivity contribution in [3.05, 3.63) is 33.6 Å². The molecular formula is C18H21ClFNO. The van der Waals surface area contributed by atoms with E-state index in [4.69, 9.17) is 17.3 Å². The monoisotopic (exact) mass is 321 g/mol. The van der Waals surface area contributed by atoms with E-state index in [1.54, 1.807) is 0 Å². The number of Topliss-reactive ketones (excluding diaryl/α,β-unsaturated/α-hetero) is 1. The van der Waals surface area contributed by atoms with Gasteiger partial charge in [0.2, 0.25) is 0 Å². The zero-order valence-corrected chi connectivity index (χ0v) is 13.8. The number of hydrogen-bond donors (Lipinski definition) is 1. The maximum Gasteiger partial charge on any atom is 0.174 e. The topological polar surface area (TPSA) is 43.1 Å². The number of carbonyl (C=O) groups excluding carboxylic acids is 1. The molecule has 0 saturated carbocycles. The van der Waals surface area contributed by atoms with Crippen LogP contribution < -0.4 is 5.73 Å². The van der Waals surface area contributed by atoms with Gasteiger partial charge in [-0.25, -0.2) is 4.39 Å². The molecule has 2 aliphatic carbocycles. The van der Waals surface area contributed by atoms with E-state index in [0.29, 0.717) is 11.5 Å². The highest BCUT2D eigenvalue weighted by molar-refractivity contribution is 6.46. The summed E-state index contributed by atoms with van der Waals surface area (Å²) in [5.74, 6) is -0.441. The van der Waals surface area contributed by atoms with E-state index in [0.717, 1.165) is 54.4 Å². The summed E-state index contributed by atoms with van der Waals surface area (Å²) in [7, 11) is 0. The van der Waals surface area contributed by atoms with Gasteiger partial charge in [0.05, 0.1) is 10.7 Å². The molecule has 2 N–H and O–H groups in total. The van der Waals surface area contributed by atoms with E-state index in [1.807, 2.05) is 6.92 Å². The molecule has 0 amide bonds. The molecule has 1 unspecified atom stereocenters. The number of benzene rings is 1. The minimum Gasteiger partial charge on any atom is -0.396 e. The maximum absolute atomic E-state index is 14.1. The van der Waals surface area contributed by atoms with Crippen molar-refractivity contribution >= 4 is 28.6 Å². The third-order valence-electron chi connectivity index (χ3n) is 5.33. The van der Waals surface area contributed by atoms with Crippen molar-refractivity contribution in [2.24, 2.45) is 5.41 Å². The van der Waals surface area contributed by atoms with E-state index < -0.39 is 5.82 Å². The van der Waals surface area contributed by atoms with Crippen molar-refractivity contribution in [2.75, 3.05) is 5.73 Å². The van der Waals surface area contributed by atoms with E-state index >= 15 is 0 Å². The average molecular weight is 322 g/mol. The summed E-state index contributed by atoms with van der Waals surface area (Å²) in [5.41, 5.74) is 9.49. The van der Waals surface area contributed by atoms with Crippen molar-refractivity contribution in [1.82, 2.24) is 0 Å². The fourth-order valence-corrected chi connectivity index (χ4v) is 4.42. The Bertz CT molecular complexity index is 695. The first-order valence-electron chi connectivity index (χ1n) is 7.92. The Balaban J connectivity index is 2.23. The Morgan fingerprint density at radius 1 is 1.45 bits per heavy atom. The van der Waals surface area contributed by atoms with Crippen LogP contribution in [0.3, 0.4) is 0 Å². The molecule has 1 aromatic rings. The van der Waals surface area contributed by atoms with Crippen molar-refractivity contribution in [3.63, 3.8) is 0 Å². The Morgan fingerprint density at radius 3 is 2.86 bits per heavy atom. The number of allylic oxidation sites excluding steroid dienone is 2. The van der Waals surface area contributed by atoms with Crippen LogP contribution in [0, 0.1) is 18.2 Å². The number of rotatable bonds is 3. The fraction of sp³-hybridized carbons (Fsp3) is 0.500. The van der Waals surface area contributed by atoms with Crippen molar-refractivity contribution < 1.29 is 9.18 Å². The maximum atomic E-state index is 14.1. The predicted molar refractivity (Wildman–Crippen MR) is 88.2 cm³/mol. The molecule has 0 radical (unpaired) electrons. The van der Waals surface area contributed by atoms with Crippen molar-refractivity contribution in [1.29, 1.82) is 0 Å². The van der Waals surface area contributed by atoms with Crippen LogP contribution in [0.15, 0.2) is 11.1 Å². The molecule has 1 atom stereocenters. The van der Waals surface area contributed by atoms with Crippen LogP contribution in [0.4, 0.5) is 10.1 Å². The second-order valence-electron chi connectivity index (χ2n) is 6.60. The van der Waals surface area contributed by atoms with Crippen LogP contribution >= 0.6 is 11.6 Å². The SMILES string of the molecule is CCCCC12CCC(=O)C(Cl)=C1c1cc(F)c(N)c(C)c1C2. The summed E-state index contributed by atoms with van der Waals surface area (Å²) < 4.78 is 14.1. The standard InChI is InChI=1S/C18H21ClFNO/c1-3-4-6-18-7-5-14(22)16(19)15(18)11-8-13(20)17(21)10(2)12(11)9-18/h8H,3-7,9,21H2,1-2H3. The van der Waals surface area contributed by atoms with Crippen molar-refractivity contribution in [3.8, 4) is 0 Å². The van der Waals surface area contributed by atoms with Crippen LogP contribution in [-0.4, -0.2) is 5.78 Å². The molecule has 4 heteroatoms. The van der Waals surface area contributed by atoms with Crippen LogP contribution in [0.5, 0.6) is 0 Å². The molecule has 0 heterocycles. The van der Waals surface area contributed by atoms with Gasteiger partial charge in [0.25, 0.3) is 0 Å². The Labute approximate surface area is 135 Å². The first kappa shape index (κ1) is 15.5. The number of halogens is 2. The largest absolute Gasteiger partial charge is 0.396 e. The highest BCUT2D eigenvalue weighted by Gasteiger charge is 2.47. The highest BCUT2D eigenvalue weighted by atomic mass is 35.5. The molecule has 0 aliphatic heterocycles. The Morgan fingerprint density at radius 2 is 2.18 bits per heavy atom. The van der Waals surface area contributed by atoms with Gasteiger partial charge in [0.15, 0.2) is 5.78 Å². The number of hydrogen-bond acceptors (Lipinski definition) is 2. The van der Waals surface area contributed by atoms with Gasteiger partial charge < -0.3 is 5.73 Å². The van der Waals surface area contributed by atoms with E-state index in [-0.39, 0.29) is 16.9 Å². The second-order valence-corrected chi connectivity index (χ2v) is 6.97. The Hall–Kier alpha value is -1.35. The van der Waals surface area contributed by atoms with Gasteiger partial charge in [-0.05, 0) is 54.5 Å². The number of carbonyl (C=O) groups is 1. The summed E-state index contributed by atoms with van der Waals surface area (Å²) in [6.45, 7) is 4.01. The first-order valence-corrected chi connectivity index (χ1v) is 8.30. The molecule has 1 aromatic carbocycles. The minimum absolute atomic E-state index is 0.0217.